The maximum Gasteiger partial charge on any atom is 0.241 e. The average molecular weight is 277 g/mol. The van der Waals surface area contributed by atoms with Crippen LogP contribution in [0.25, 0.3) is 0 Å². The third-order valence-corrected chi connectivity index (χ3v) is 3.59. The van der Waals surface area contributed by atoms with Gasteiger partial charge in [-0.05, 0) is 25.7 Å². The van der Waals surface area contributed by atoms with Gasteiger partial charge in [-0.1, -0.05) is 13.3 Å². The fourth-order valence-corrected chi connectivity index (χ4v) is 2.49. The maximum absolute atomic E-state index is 12.1. The summed E-state index contributed by atoms with van der Waals surface area (Å²) in [5, 5.41) is 3.11. The van der Waals surface area contributed by atoms with Gasteiger partial charge in [-0.3, -0.25) is 4.79 Å². The molecule has 1 aromatic heterocycles. The van der Waals surface area contributed by atoms with Crippen LogP contribution in [0.4, 0.5) is 11.6 Å². The molecule has 0 unspecified atom stereocenters. The fourth-order valence-electron chi connectivity index (χ4n) is 2.49. The highest BCUT2D eigenvalue weighted by atomic mass is 16.2. The first-order valence-corrected chi connectivity index (χ1v) is 7.33. The molecule has 0 spiro atoms. The normalized spacial score (nSPS) is 15.2. The number of hydrogen-bond acceptors (Lipinski definition) is 5. The van der Waals surface area contributed by atoms with Crippen LogP contribution in [0.2, 0.25) is 0 Å². The zero-order valence-electron chi connectivity index (χ0n) is 12.1. The Morgan fingerprint density at radius 3 is 2.80 bits per heavy atom. The molecular weight excluding hydrogens is 254 g/mol. The molecule has 1 aliphatic rings. The van der Waals surface area contributed by atoms with Gasteiger partial charge in [0.2, 0.25) is 5.91 Å². The van der Waals surface area contributed by atoms with Crippen LogP contribution in [-0.4, -0.2) is 40.4 Å². The predicted octanol–water partition coefficient (Wildman–Crippen LogP) is 1.44. The van der Waals surface area contributed by atoms with Gasteiger partial charge < -0.3 is 16.0 Å². The van der Waals surface area contributed by atoms with Crippen LogP contribution in [0.3, 0.4) is 0 Å². The number of nitrogen functional groups attached to an aromatic ring is 1. The van der Waals surface area contributed by atoms with Gasteiger partial charge in [0.25, 0.3) is 0 Å². The van der Waals surface area contributed by atoms with Gasteiger partial charge in [-0.2, -0.15) is 0 Å². The first-order chi connectivity index (χ1) is 9.72. The number of likely N-dealkylation sites (tertiary alicyclic amines) is 1. The summed E-state index contributed by atoms with van der Waals surface area (Å²) >= 11 is 0. The van der Waals surface area contributed by atoms with Gasteiger partial charge >= 0.3 is 0 Å². The molecule has 1 amide bonds. The quantitative estimate of drug-likeness (QED) is 0.850. The van der Waals surface area contributed by atoms with E-state index in [0.29, 0.717) is 11.6 Å². The van der Waals surface area contributed by atoms with Crippen molar-refractivity contribution >= 4 is 17.5 Å². The number of nitrogens with two attached hydrogens (primary N) is 1. The molecule has 110 valence electrons. The molecule has 20 heavy (non-hydrogen) atoms. The molecule has 0 saturated carbocycles. The number of nitrogens with one attached hydrogen (secondary N) is 1. The molecular formula is C14H23N5O. The van der Waals surface area contributed by atoms with E-state index in [2.05, 4.69) is 22.2 Å². The number of anilines is 2. The molecule has 0 atom stereocenters. The monoisotopic (exact) mass is 277 g/mol. The number of hydrogen-bond donors (Lipinski definition) is 2. The van der Waals surface area contributed by atoms with Gasteiger partial charge in [0, 0.05) is 18.7 Å². The highest BCUT2D eigenvalue weighted by Gasteiger charge is 2.17. The molecule has 0 aromatic carbocycles. The van der Waals surface area contributed by atoms with Crippen molar-refractivity contribution in [3.63, 3.8) is 0 Å². The summed E-state index contributed by atoms with van der Waals surface area (Å²) in [6, 6.07) is 0. The number of amides is 1. The van der Waals surface area contributed by atoms with Gasteiger partial charge in [-0.25, -0.2) is 9.97 Å². The molecule has 0 aliphatic carbocycles. The number of piperidine rings is 1. The molecule has 1 aliphatic heterocycles. The van der Waals surface area contributed by atoms with Crippen LogP contribution >= 0.6 is 0 Å². The van der Waals surface area contributed by atoms with Crippen LogP contribution in [-0.2, 0) is 11.2 Å². The summed E-state index contributed by atoms with van der Waals surface area (Å²) in [4.78, 5) is 22.2. The van der Waals surface area contributed by atoms with Gasteiger partial charge in [0.05, 0.1) is 6.54 Å². The lowest BCUT2D eigenvalue weighted by Gasteiger charge is -2.27. The summed E-state index contributed by atoms with van der Waals surface area (Å²) < 4.78 is 0. The Labute approximate surface area is 119 Å². The molecule has 1 aromatic rings. The van der Waals surface area contributed by atoms with Crippen molar-refractivity contribution in [1.82, 2.24) is 14.9 Å². The van der Waals surface area contributed by atoms with Crippen LogP contribution < -0.4 is 11.1 Å². The first kappa shape index (κ1) is 14.6. The Morgan fingerprint density at radius 2 is 2.10 bits per heavy atom. The highest BCUT2D eigenvalue weighted by molar-refractivity contribution is 5.81. The second kappa shape index (κ2) is 7.07. The Bertz CT molecular complexity index is 457. The van der Waals surface area contributed by atoms with Crippen molar-refractivity contribution in [3.05, 3.63) is 11.9 Å². The molecule has 0 radical (unpaired) electrons. The van der Waals surface area contributed by atoms with Crippen LogP contribution in [0.15, 0.2) is 6.33 Å². The Kier molecular flexibility index (Phi) is 5.15. The standard InChI is InChI=1S/C14H23N5O/c1-2-6-11-13(15)17-10-18-14(11)16-9-12(20)19-7-4-3-5-8-19/h10H,2-9H2,1H3,(H3,15,16,17,18). The van der Waals surface area contributed by atoms with E-state index in [1.807, 2.05) is 4.90 Å². The molecule has 1 saturated heterocycles. The minimum Gasteiger partial charge on any atom is -0.383 e. The van der Waals surface area contributed by atoms with Crippen LogP contribution in [0, 0.1) is 0 Å². The first-order valence-electron chi connectivity index (χ1n) is 7.33. The van der Waals surface area contributed by atoms with Crippen molar-refractivity contribution in [2.75, 3.05) is 30.7 Å². The van der Waals surface area contributed by atoms with E-state index in [1.54, 1.807) is 0 Å². The van der Waals surface area contributed by atoms with Crippen LogP contribution in [0.5, 0.6) is 0 Å². The minimum absolute atomic E-state index is 0.129. The SMILES string of the molecule is CCCc1c(N)ncnc1NCC(=O)N1CCCCC1. The highest BCUT2D eigenvalue weighted by Crippen LogP contribution is 2.19. The maximum atomic E-state index is 12.1. The summed E-state index contributed by atoms with van der Waals surface area (Å²) in [5.41, 5.74) is 6.77. The van der Waals surface area contributed by atoms with E-state index in [9.17, 15) is 4.79 Å². The summed E-state index contributed by atoms with van der Waals surface area (Å²) in [6.07, 6.45) is 6.64. The lowest BCUT2D eigenvalue weighted by molar-refractivity contribution is -0.130. The summed E-state index contributed by atoms with van der Waals surface area (Å²) in [6.45, 7) is 4.09. The second-order valence-corrected chi connectivity index (χ2v) is 5.13. The molecule has 6 heteroatoms. The van der Waals surface area contributed by atoms with E-state index in [-0.39, 0.29) is 12.5 Å². The van der Waals surface area contributed by atoms with Crippen molar-refractivity contribution in [1.29, 1.82) is 0 Å². The smallest absolute Gasteiger partial charge is 0.241 e. The molecule has 1 fully saturated rings. The van der Waals surface area contributed by atoms with E-state index >= 15 is 0 Å². The Balaban J connectivity index is 1.96. The van der Waals surface area contributed by atoms with Gasteiger partial charge in [0.1, 0.15) is 18.0 Å². The van der Waals surface area contributed by atoms with Crippen molar-refractivity contribution in [2.24, 2.45) is 0 Å². The number of aromatic nitrogens is 2. The zero-order chi connectivity index (χ0) is 14.4. The molecule has 2 heterocycles. The predicted molar refractivity (Wildman–Crippen MR) is 79.4 cm³/mol. The molecule has 3 N–H and O–H groups in total. The van der Waals surface area contributed by atoms with Gasteiger partial charge in [0.15, 0.2) is 0 Å². The summed E-state index contributed by atoms with van der Waals surface area (Å²) in [7, 11) is 0. The van der Waals surface area contributed by atoms with E-state index in [1.165, 1.54) is 12.7 Å². The van der Waals surface area contributed by atoms with E-state index in [4.69, 9.17) is 5.73 Å². The molecule has 6 nitrogen and oxygen atoms in total. The lowest BCUT2D eigenvalue weighted by Crippen LogP contribution is -2.39. The number of rotatable bonds is 5. The van der Waals surface area contributed by atoms with Crippen molar-refractivity contribution in [2.45, 2.75) is 39.0 Å². The minimum atomic E-state index is 0.129. The fraction of sp³-hybridized carbons (Fsp3) is 0.643. The molecule has 0 bridgehead atoms. The largest absolute Gasteiger partial charge is 0.383 e. The topological polar surface area (TPSA) is 84.1 Å². The Hall–Kier alpha value is -1.85. The van der Waals surface area contributed by atoms with Crippen LogP contribution in [0.1, 0.15) is 38.2 Å². The second-order valence-electron chi connectivity index (χ2n) is 5.13. The van der Waals surface area contributed by atoms with Gasteiger partial charge in [-0.15, -0.1) is 0 Å². The number of carbonyl (C=O) groups is 1. The number of carbonyl (C=O) groups excluding carboxylic acids is 1. The van der Waals surface area contributed by atoms with Crippen molar-refractivity contribution in [3.8, 4) is 0 Å². The van der Waals surface area contributed by atoms with E-state index < -0.39 is 0 Å². The average Bonchev–Trinajstić information content (AvgIpc) is 2.48. The van der Waals surface area contributed by atoms with E-state index in [0.717, 1.165) is 44.3 Å². The molecule has 2 rings (SSSR count). The lowest BCUT2D eigenvalue weighted by atomic mass is 10.1. The number of nitrogens with zero attached hydrogens (tertiary/aromatic N) is 3. The Morgan fingerprint density at radius 1 is 1.35 bits per heavy atom. The zero-order valence-corrected chi connectivity index (χ0v) is 12.1. The van der Waals surface area contributed by atoms with Crippen molar-refractivity contribution < 1.29 is 4.79 Å². The summed E-state index contributed by atoms with van der Waals surface area (Å²) in [5.74, 6) is 1.31. The third-order valence-electron chi connectivity index (χ3n) is 3.59. The third kappa shape index (κ3) is 3.59.